The normalized spacial score (nSPS) is 23.5. The van der Waals surface area contributed by atoms with Crippen LogP contribution in [0.15, 0.2) is 18.2 Å². The van der Waals surface area contributed by atoms with E-state index in [9.17, 15) is 18.0 Å². The summed E-state index contributed by atoms with van der Waals surface area (Å²) in [6, 6.07) is 4.82. The van der Waals surface area contributed by atoms with Gasteiger partial charge in [-0.25, -0.2) is 0 Å². The van der Waals surface area contributed by atoms with Crippen LogP contribution in [-0.2, 0) is 15.7 Å². The van der Waals surface area contributed by atoms with Gasteiger partial charge in [0.2, 0.25) is 0 Å². The smallest absolute Gasteiger partial charge is 0.378 e. The lowest BCUT2D eigenvalue weighted by Crippen LogP contribution is -2.51. The first kappa shape index (κ1) is 24.9. The van der Waals surface area contributed by atoms with Gasteiger partial charge in [-0.1, -0.05) is 15.9 Å². The molecule has 1 saturated carbocycles. The van der Waals surface area contributed by atoms with E-state index in [1.807, 2.05) is 4.90 Å². The van der Waals surface area contributed by atoms with E-state index < -0.39 is 22.8 Å². The van der Waals surface area contributed by atoms with Crippen LogP contribution in [-0.4, -0.2) is 45.5 Å². The summed E-state index contributed by atoms with van der Waals surface area (Å²) in [6.07, 6.45) is -0.360. The fourth-order valence-corrected chi connectivity index (χ4v) is 5.22. The van der Waals surface area contributed by atoms with Crippen LogP contribution in [0.3, 0.4) is 0 Å². The van der Waals surface area contributed by atoms with Gasteiger partial charge in [-0.05, 0) is 76.4 Å². The molecule has 0 bridgehead atoms. The highest BCUT2D eigenvalue weighted by Crippen LogP contribution is 2.40. The highest BCUT2D eigenvalue weighted by molar-refractivity contribution is 9.09. The third-order valence-electron chi connectivity index (χ3n) is 6.05. The van der Waals surface area contributed by atoms with E-state index in [1.54, 1.807) is 19.9 Å². The average molecular weight is 532 g/mol. The lowest BCUT2D eigenvalue weighted by atomic mass is 9.89. The second-order valence-electron chi connectivity index (χ2n) is 8.54. The molecule has 0 spiro atoms. The molecule has 1 aliphatic carbocycles. The standard InChI is InChI=1S/C22H25BrF3N3O2S/c1-21(2)19(30)28(16-5-4-14(13-27)18(12-16)22(24,25)26)20(32)29(21)15-6-8-17(9-7-15)31-11-3-10-23/h4-5,12,15,17H,3,6-11H2,1-2H3. The molecule has 0 N–H and O–H groups in total. The Bertz CT molecular complexity index is 924. The van der Waals surface area contributed by atoms with Gasteiger partial charge in [-0.15, -0.1) is 0 Å². The molecule has 2 aliphatic rings. The van der Waals surface area contributed by atoms with Gasteiger partial charge in [-0.3, -0.25) is 9.69 Å². The predicted octanol–water partition coefficient (Wildman–Crippen LogP) is 5.40. The predicted molar refractivity (Wildman–Crippen MR) is 123 cm³/mol. The molecule has 1 aromatic carbocycles. The van der Waals surface area contributed by atoms with Crippen molar-refractivity contribution in [3.05, 3.63) is 29.3 Å². The molecule has 1 saturated heterocycles. The zero-order chi connectivity index (χ0) is 23.7. The SMILES string of the molecule is CC1(C)C(=O)N(c2ccc(C#N)c(C(F)(F)F)c2)C(=S)N1C1CCC(OCCCBr)CC1. The Morgan fingerprint density at radius 2 is 1.94 bits per heavy atom. The number of halogens is 4. The van der Waals surface area contributed by atoms with Crippen LogP contribution in [0.25, 0.3) is 0 Å². The molecule has 32 heavy (non-hydrogen) atoms. The number of carbonyl (C=O) groups is 1. The zero-order valence-corrected chi connectivity index (χ0v) is 20.3. The van der Waals surface area contributed by atoms with Crippen molar-refractivity contribution in [3.8, 4) is 6.07 Å². The number of hydrogen-bond acceptors (Lipinski definition) is 4. The summed E-state index contributed by atoms with van der Waals surface area (Å²) in [7, 11) is 0. The number of nitrogens with zero attached hydrogens (tertiary/aromatic N) is 3. The summed E-state index contributed by atoms with van der Waals surface area (Å²) in [5.41, 5.74) is -2.54. The third-order valence-corrected chi connectivity index (χ3v) is 6.99. The number of amides is 1. The number of rotatable bonds is 6. The average Bonchev–Trinajstić information content (AvgIpc) is 2.92. The molecule has 0 atom stereocenters. The van der Waals surface area contributed by atoms with Crippen molar-refractivity contribution in [2.24, 2.45) is 0 Å². The largest absolute Gasteiger partial charge is 0.417 e. The molecule has 3 rings (SSSR count). The second kappa shape index (κ2) is 9.65. The van der Waals surface area contributed by atoms with Crippen LogP contribution in [0.4, 0.5) is 18.9 Å². The van der Waals surface area contributed by atoms with Crippen molar-refractivity contribution in [1.82, 2.24) is 4.90 Å². The van der Waals surface area contributed by atoms with Crippen LogP contribution < -0.4 is 4.90 Å². The van der Waals surface area contributed by atoms with Gasteiger partial charge in [0.05, 0.1) is 29.0 Å². The summed E-state index contributed by atoms with van der Waals surface area (Å²) in [5, 5.41) is 10.1. The van der Waals surface area contributed by atoms with Gasteiger partial charge in [0, 0.05) is 18.0 Å². The maximum Gasteiger partial charge on any atom is 0.417 e. The highest BCUT2D eigenvalue weighted by atomic mass is 79.9. The van der Waals surface area contributed by atoms with Crippen molar-refractivity contribution >= 4 is 44.9 Å². The van der Waals surface area contributed by atoms with Gasteiger partial charge in [0.1, 0.15) is 5.54 Å². The van der Waals surface area contributed by atoms with Crippen molar-refractivity contribution in [1.29, 1.82) is 5.26 Å². The Balaban J connectivity index is 1.83. The minimum Gasteiger partial charge on any atom is -0.378 e. The second-order valence-corrected chi connectivity index (χ2v) is 9.69. The summed E-state index contributed by atoms with van der Waals surface area (Å²) in [5.74, 6) is -0.379. The molecule has 1 aromatic rings. The molecule has 0 aromatic heterocycles. The van der Waals surface area contributed by atoms with Crippen LogP contribution in [0.2, 0.25) is 0 Å². The first-order valence-electron chi connectivity index (χ1n) is 10.5. The van der Waals surface area contributed by atoms with E-state index >= 15 is 0 Å². The topological polar surface area (TPSA) is 56.6 Å². The fourth-order valence-electron chi connectivity index (χ4n) is 4.43. The molecule has 5 nitrogen and oxygen atoms in total. The third kappa shape index (κ3) is 4.80. The molecule has 0 radical (unpaired) electrons. The molecule has 1 aliphatic heterocycles. The number of ether oxygens (including phenoxy) is 1. The number of alkyl halides is 4. The Labute approximate surface area is 199 Å². The monoisotopic (exact) mass is 531 g/mol. The first-order valence-corrected chi connectivity index (χ1v) is 12.0. The molecule has 174 valence electrons. The number of benzene rings is 1. The Morgan fingerprint density at radius 3 is 2.50 bits per heavy atom. The molecule has 2 fully saturated rings. The maximum atomic E-state index is 13.5. The van der Waals surface area contributed by atoms with Gasteiger partial charge in [-0.2, -0.15) is 18.4 Å². The highest BCUT2D eigenvalue weighted by Gasteiger charge is 2.52. The van der Waals surface area contributed by atoms with Crippen LogP contribution >= 0.6 is 28.1 Å². The molecule has 0 unspecified atom stereocenters. The Kier molecular flexibility index (Phi) is 7.52. The number of thiocarbonyl (C=S) groups is 1. The summed E-state index contributed by atoms with van der Waals surface area (Å²) in [6.45, 7) is 4.18. The van der Waals surface area contributed by atoms with Gasteiger partial charge >= 0.3 is 6.18 Å². The molecular formula is C22H25BrF3N3O2S. The van der Waals surface area contributed by atoms with Gasteiger partial charge < -0.3 is 9.64 Å². The molecule has 1 amide bonds. The number of anilines is 1. The first-order chi connectivity index (χ1) is 15.0. The minimum atomic E-state index is -4.71. The lowest BCUT2D eigenvalue weighted by Gasteiger charge is -2.40. The van der Waals surface area contributed by atoms with Gasteiger partial charge in [0.25, 0.3) is 5.91 Å². The maximum absolute atomic E-state index is 13.5. The quantitative estimate of drug-likeness (QED) is 0.279. The van der Waals surface area contributed by atoms with E-state index in [4.69, 9.17) is 22.2 Å². The van der Waals surface area contributed by atoms with Crippen LogP contribution in [0.1, 0.15) is 57.1 Å². The van der Waals surface area contributed by atoms with E-state index in [0.717, 1.165) is 49.6 Å². The van der Waals surface area contributed by atoms with E-state index in [0.29, 0.717) is 6.61 Å². The molecule has 1 heterocycles. The summed E-state index contributed by atoms with van der Waals surface area (Å²) < 4.78 is 46.3. The zero-order valence-electron chi connectivity index (χ0n) is 17.9. The van der Waals surface area contributed by atoms with Crippen LogP contribution in [0.5, 0.6) is 0 Å². The van der Waals surface area contributed by atoms with Crippen molar-refractivity contribution in [2.75, 3.05) is 16.8 Å². The lowest BCUT2D eigenvalue weighted by molar-refractivity contribution is -0.137. The van der Waals surface area contributed by atoms with E-state index in [-0.39, 0.29) is 28.9 Å². The molecular weight excluding hydrogens is 507 g/mol. The number of nitriles is 1. The Morgan fingerprint density at radius 1 is 1.28 bits per heavy atom. The van der Waals surface area contributed by atoms with Gasteiger partial charge in [0.15, 0.2) is 5.11 Å². The van der Waals surface area contributed by atoms with Crippen molar-refractivity contribution < 1.29 is 22.7 Å². The van der Waals surface area contributed by atoms with E-state index in [1.165, 1.54) is 11.0 Å². The van der Waals surface area contributed by atoms with Crippen molar-refractivity contribution in [3.63, 3.8) is 0 Å². The Hall–Kier alpha value is -1.70. The number of hydrogen-bond donors (Lipinski definition) is 0. The fraction of sp³-hybridized carbons (Fsp3) is 0.591. The van der Waals surface area contributed by atoms with E-state index in [2.05, 4.69) is 15.9 Å². The summed E-state index contributed by atoms with van der Waals surface area (Å²) >= 11 is 9.00. The van der Waals surface area contributed by atoms with Crippen LogP contribution in [0, 0.1) is 11.3 Å². The number of carbonyl (C=O) groups excluding carboxylic acids is 1. The minimum absolute atomic E-state index is 0.00273. The van der Waals surface area contributed by atoms with Crippen molar-refractivity contribution in [2.45, 2.75) is 69.8 Å². The summed E-state index contributed by atoms with van der Waals surface area (Å²) in [4.78, 5) is 16.3. The molecule has 10 heteroatoms.